The summed E-state index contributed by atoms with van der Waals surface area (Å²) < 4.78 is 33.4. The van der Waals surface area contributed by atoms with Gasteiger partial charge in [0, 0.05) is 27.7 Å². The topological polar surface area (TPSA) is 150 Å². The standard InChI is InChI=1S/C20H25N5O6S2/c1-11(2)9-25-17(21)16(18(27)24(5)20(25)28)14(26)10-32-19-22-13-8-12(6-7-15(13)31-19)33(29,30)23(3)4/h6-8,11H,9-10,21H2,1-5H3. The lowest BCUT2D eigenvalue weighted by Crippen LogP contribution is -2.43. The number of hydrogen-bond donors (Lipinski definition) is 1. The lowest BCUT2D eigenvalue weighted by atomic mass is 10.2. The Kier molecular flexibility index (Phi) is 6.86. The van der Waals surface area contributed by atoms with Gasteiger partial charge in [0.15, 0.2) is 11.4 Å². The first kappa shape index (κ1) is 24.7. The number of benzene rings is 1. The van der Waals surface area contributed by atoms with E-state index in [2.05, 4.69) is 4.98 Å². The van der Waals surface area contributed by atoms with E-state index < -0.39 is 27.1 Å². The molecule has 0 bridgehead atoms. The highest BCUT2D eigenvalue weighted by Crippen LogP contribution is 2.27. The molecular weight excluding hydrogens is 470 g/mol. The van der Waals surface area contributed by atoms with Crippen molar-refractivity contribution in [2.45, 2.75) is 30.5 Å². The molecule has 11 nitrogen and oxygen atoms in total. The molecule has 0 atom stereocenters. The summed E-state index contributed by atoms with van der Waals surface area (Å²) in [5.74, 6) is -0.886. The second-order valence-corrected chi connectivity index (χ2v) is 11.1. The fraction of sp³-hybridized carbons (Fsp3) is 0.400. The van der Waals surface area contributed by atoms with E-state index in [4.69, 9.17) is 10.2 Å². The third-order valence-electron chi connectivity index (χ3n) is 4.85. The number of sulfonamides is 1. The number of oxazole rings is 1. The van der Waals surface area contributed by atoms with Crippen molar-refractivity contribution in [2.75, 3.05) is 25.6 Å². The monoisotopic (exact) mass is 495 g/mol. The number of nitrogens with two attached hydrogens (primary N) is 1. The minimum Gasteiger partial charge on any atom is -0.431 e. The Balaban J connectivity index is 1.89. The third kappa shape index (κ3) is 4.75. The van der Waals surface area contributed by atoms with E-state index in [1.165, 1.54) is 43.9 Å². The number of fused-ring (bicyclic) bond motifs is 1. The molecule has 13 heteroatoms. The van der Waals surface area contributed by atoms with E-state index in [1.54, 1.807) is 0 Å². The summed E-state index contributed by atoms with van der Waals surface area (Å²) in [5.41, 5.74) is 5.09. The first-order valence-corrected chi connectivity index (χ1v) is 12.4. The average Bonchev–Trinajstić information content (AvgIpc) is 3.16. The van der Waals surface area contributed by atoms with E-state index >= 15 is 0 Å². The second-order valence-electron chi connectivity index (χ2n) is 8.02. The second kappa shape index (κ2) is 9.15. The maximum Gasteiger partial charge on any atom is 0.332 e. The van der Waals surface area contributed by atoms with Gasteiger partial charge in [-0.25, -0.2) is 22.5 Å². The Labute approximate surface area is 194 Å². The molecule has 2 N–H and O–H groups in total. The van der Waals surface area contributed by atoms with Crippen molar-refractivity contribution in [3.8, 4) is 0 Å². The maximum atomic E-state index is 12.9. The molecule has 0 aliphatic rings. The van der Waals surface area contributed by atoms with Crippen LogP contribution in [-0.2, 0) is 23.6 Å². The normalized spacial score (nSPS) is 12.2. The number of carbonyl (C=O) groups is 1. The van der Waals surface area contributed by atoms with Crippen molar-refractivity contribution in [1.29, 1.82) is 0 Å². The van der Waals surface area contributed by atoms with Gasteiger partial charge in [-0.15, -0.1) is 0 Å². The highest BCUT2D eigenvalue weighted by molar-refractivity contribution is 7.99. The first-order chi connectivity index (χ1) is 15.3. The Morgan fingerprint density at radius 1 is 1.27 bits per heavy atom. The smallest absolute Gasteiger partial charge is 0.332 e. The largest absolute Gasteiger partial charge is 0.431 e. The van der Waals surface area contributed by atoms with Crippen LogP contribution in [0.5, 0.6) is 0 Å². The van der Waals surface area contributed by atoms with Gasteiger partial charge in [0.2, 0.25) is 10.0 Å². The van der Waals surface area contributed by atoms with Crippen LogP contribution in [0.4, 0.5) is 5.82 Å². The number of ketones is 1. The molecule has 0 saturated heterocycles. The van der Waals surface area contributed by atoms with Crippen LogP contribution in [0.25, 0.3) is 11.1 Å². The summed E-state index contributed by atoms with van der Waals surface area (Å²) in [6, 6.07) is 4.28. The van der Waals surface area contributed by atoms with Crippen LogP contribution in [0.2, 0.25) is 0 Å². The molecular formula is C20H25N5O6S2. The van der Waals surface area contributed by atoms with Crippen LogP contribution in [0.1, 0.15) is 24.2 Å². The van der Waals surface area contributed by atoms with Gasteiger partial charge in [0.25, 0.3) is 10.8 Å². The summed E-state index contributed by atoms with van der Waals surface area (Å²) in [6.45, 7) is 4.03. The van der Waals surface area contributed by atoms with Gasteiger partial charge < -0.3 is 10.2 Å². The van der Waals surface area contributed by atoms with Crippen molar-refractivity contribution in [3.05, 3.63) is 44.6 Å². The highest BCUT2D eigenvalue weighted by atomic mass is 32.2. The van der Waals surface area contributed by atoms with E-state index in [0.29, 0.717) is 11.1 Å². The van der Waals surface area contributed by atoms with Crippen LogP contribution >= 0.6 is 11.8 Å². The molecule has 0 fully saturated rings. The van der Waals surface area contributed by atoms with Crippen molar-refractivity contribution < 1.29 is 17.6 Å². The molecule has 0 spiro atoms. The van der Waals surface area contributed by atoms with Gasteiger partial charge >= 0.3 is 5.69 Å². The number of carbonyl (C=O) groups excluding carboxylic acids is 1. The number of aromatic nitrogens is 3. The minimum atomic E-state index is -3.64. The quantitative estimate of drug-likeness (QED) is 0.358. The van der Waals surface area contributed by atoms with E-state index in [0.717, 1.165) is 20.6 Å². The van der Waals surface area contributed by atoms with Crippen molar-refractivity contribution in [1.82, 2.24) is 18.4 Å². The van der Waals surface area contributed by atoms with E-state index in [-0.39, 0.29) is 39.7 Å². The number of rotatable bonds is 8. The van der Waals surface area contributed by atoms with Crippen LogP contribution in [-0.4, -0.2) is 52.5 Å². The zero-order chi connectivity index (χ0) is 24.7. The van der Waals surface area contributed by atoms with E-state index in [1.807, 2.05) is 13.8 Å². The van der Waals surface area contributed by atoms with Gasteiger partial charge in [-0.3, -0.25) is 18.7 Å². The van der Waals surface area contributed by atoms with Crippen molar-refractivity contribution >= 4 is 44.5 Å². The summed E-state index contributed by atoms with van der Waals surface area (Å²) in [5, 5.41) is 0.128. The fourth-order valence-corrected chi connectivity index (χ4v) is 4.74. The van der Waals surface area contributed by atoms with Crippen LogP contribution in [0.3, 0.4) is 0 Å². The Morgan fingerprint density at radius 2 is 1.94 bits per heavy atom. The summed E-state index contributed by atoms with van der Waals surface area (Å²) >= 11 is 0.938. The summed E-state index contributed by atoms with van der Waals surface area (Å²) in [6.07, 6.45) is 0. The third-order valence-corrected chi connectivity index (χ3v) is 7.49. The zero-order valence-electron chi connectivity index (χ0n) is 18.9. The molecule has 2 aromatic heterocycles. The zero-order valence-corrected chi connectivity index (χ0v) is 20.5. The number of anilines is 1. The summed E-state index contributed by atoms with van der Waals surface area (Å²) in [7, 11) is 0.510. The molecule has 2 heterocycles. The Hall–Kier alpha value is -2.90. The van der Waals surface area contributed by atoms with Gasteiger partial charge in [-0.2, -0.15) is 0 Å². The van der Waals surface area contributed by atoms with Crippen LogP contribution < -0.4 is 17.0 Å². The number of nitrogen functional groups attached to an aromatic ring is 1. The van der Waals surface area contributed by atoms with Crippen molar-refractivity contribution in [3.63, 3.8) is 0 Å². The van der Waals surface area contributed by atoms with Gasteiger partial charge in [0.05, 0.1) is 10.6 Å². The predicted molar refractivity (Wildman–Crippen MR) is 125 cm³/mol. The lowest BCUT2D eigenvalue weighted by molar-refractivity contribution is 0.102. The number of thioether (sulfide) groups is 1. The maximum absolute atomic E-state index is 12.9. The molecule has 1 aromatic carbocycles. The van der Waals surface area contributed by atoms with Crippen LogP contribution in [0.15, 0.2) is 42.3 Å². The number of nitrogens with zero attached hydrogens (tertiary/aromatic N) is 4. The number of Topliss-reactive ketones (excluding diaryl/α,β-unsaturated/α-hetero) is 1. The molecule has 0 aliphatic heterocycles. The van der Waals surface area contributed by atoms with Gasteiger partial charge in [0.1, 0.15) is 16.9 Å². The summed E-state index contributed by atoms with van der Waals surface area (Å²) in [4.78, 5) is 42.1. The van der Waals surface area contributed by atoms with Gasteiger partial charge in [-0.1, -0.05) is 25.6 Å². The molecule has 0 radical (unpaired) electrons. The lowest BCUT2D eigenvalue weighted by Gasteiger charge is -2.15. The van der Waals surface area contributed by atoms with Gasteiger partial charge in [-0.05, 0) is 24.1 Å². The Bertz CT molecular complexity index is 1450. The number of hydrogen-bond acceptors (Lipinski definition) is 9. The molecule has 178 valence electrons. The van der Waals surface area contributed by atoms with Crippen LogP contribution in [0, 0.1) is 5.92 Å². The molecule has 0 aliphatic carbocycles. The first-order valence-electron chi connectivity index (χ1n) is 9.93. The SMILES string of the molecule is CC(C)Cn1c(N)c(C(=O)CSc2nc3cc(S(=O)(=O)N(C)C)ccc3o2)c(=O)n(C)c1=O. The minimum absolute atomic E-state index is 0.0598. The fourth-order valence-electron chi connectivity index (χ4n) is 3.11. The Morgan fingerprint density at radius 3 is 2.55 bits per heavy atom. The molecule has 0 saturated carbocycles. The highest BCUT2D eigenvalue weighted by Gasteiger charge is 2.23. The molecule has 3 rings (SSSR count). The van der Waals surface area contributed by atoms with E-state index in [9.17, 15) is 22.8 Å². The molecule has 33 heavy (non-hydrogen) atoms. The molecule has 3 aromatic rings. The average molecular weight is 496 g/mol. The molecule has 0 unspecified atom stereocenters. The predicted octanol–water partition coefficient (Wildman–Crippen LogP) is 1.15. The molecule has 0 amide bonds. The van der Waals surface area contributed by atoms with Crippen molar-refractivity contribution in [2.24, 2.45) is 13.0 Å².